The van der Waals surface area contributed by atoms with E-state index in [4.69, 9.17) is 42.6 Å². The Balaban J connectivity index is 1.22. The van der Waals surface area contributed by atoms with Crippen LogP contribution in [0.4, 0.5) is 0 Å². The minimum absolute atomic E-state index is 0.0176. The highest BCUT2D eigenvalue weighted by molar-refractivity contribution is 5.86. The van der Waals surface area contributed by atoms with Crippen molar-refractivity contribution in [3.05, 3.63) is 29.8 Å². The van der Waals surface area contributed by atoms with Gasteiger partial charge >= 0.3 is 5.97 Å². The molecule has 12 heteroatoms. The first kappa shape index (κ1) is 45.9. The number of likely N-dealkylation sites (N-methyl/N-ethyl adjacent to an activating group) is 1. The molecule has 3 saturated carbocycles. The number of esters is 1. The molecule has 7 unspecified atom stereocenters. The third kappa shape index (κ3) is 9.37. The quantitative estimate of drug-likeness (QED) is 0.210. The SMILES string of the molecule is CC[C@H]1CCC[C@H](O[C@H]2CC[C@H](N(C)C)C(C)O2)[C@@H](C)C(=O)C2C(c3cccc(OC)c3)[C@@H]3C(CCC4C[C@@H](O[C@@H]5OC(C)[C@H](OC)C(OC)[C@@H]5OC)C[C@H]43)[C@@H]2CC(=O)O1. The molecule has 3 aliphatic heterocycles. The Morgan fingerprint density at radius 1 is 0.767 bits per heavy atom. The fraction of sp³-hybridized carbons (Fsp3) is 0.833. The molecule has 3 heterocycles. The van der Waals surface area contributed by atoms with Gasteiger partial charge in [-0.05, 0) is 145 Å². The van der Waals surface area contributed by atoms with Gasteiger partial charge in [0.05, 0.1) is 31.5 Å². The highest BCUT2D eigenvalue weighted by Crippen LogP contribution is 2.64. The van der Waals surface area contributed by atoms with Crippen molar-refractivity contribution in [2.24, 2.45) is 41.4 Å². The van der Waals surface area contributed by atoms with Gasteiger partial charge in [-0.1, -0.05) is 26.0 Å². The average molecular weight is 842 g/mol. The molecule has 0 N–H and O–H groups in total. The van der Waals surface area contributed by atoms with E-state index in [9.17, 15) is 4.79 Å². The molecule has 338 valence electrons. The normalized spacial score (nSPS) is 44.0. The maximum absolute atomic E-state index is 15.7. The van der Waals surface area contributed by atoms with Crippen LogP contribution in [0.2, 0.25) is 0 Å². The van der Waals surface area contributed by atoms with E-state index in [2.05, 4.69) is 51.9 Å². The summed E-state index contributed by atoms with van der Waals surface area (Å²) in [6, 6.07) is 8.63. The number of hydrogen-bond acceptors (Lipinski definition) is 12. The van der Waals surface area contributed by atoms with Crippen LogP contribution in [0.1, 0.15) is 110 Å². The van der Waals surface area contributed by atoms with Gasteiger partial charge in [0.15, 0.2) is 12.6 Å². The number of rotatable bonds is 11. The summed E-state index contributed by atoms with van der Waals surface area (Å²) in [7, 11) is 10.9. The monoisotopic (exact) mass is 842 g/mol. The number of benzene rings is 1. The van der Waals surface area contributed by atoms with E-state index in [0.717, 1.165) is 69.1 Å². The number of carbonyl (C=O) groups excluding carboxylic acids is 2. The zero-order valence-corrected chi connectivity index (χ0v) is 38.0. The van der Waals surface area contributed by atoms with Crippen molar-refractivity contribution in [2.45, 2.75) is 172 Å². The number of ether oxygens (including phenoxy) is 9. The molecule has 1 aromatic rings. The zero-order chi connectivity index (χ0) is 42.8. The topological polar surface area (TPSA) is 120 Å². The second-order valence-corrected chi connectivity index (χ2v) is 19.2. The van der Waals surface area contributed by atoms with Crippen LogP contribution in [-0.2, 0) is 47.5 Å². The summed E-state index contributed by atoms with van der Waals surface area (Å²) in [6.07, 6.45) is 5.86. The first-order chi connectivity index (χ1) is 28.9. The van der Waals surface area contributed by atoms with Gasteiger partial charge in [0.25, 0.3) is 0 Å². The molecule has 12 nitrogen and oxygen atoms in total. The zero-order valence-electron chi connectivity index (χ0n) is 38.0. The lowest BCUT2D eigenvalue weighted by Crippen LogP contribution is -2.59. The van der Waals surface area contributed by atoms with Crippen LogP contribution >= 0.6 is 0 Å². The molecule has 6 aliphatic rings. The first-order valence-corrected chi connectivity index (χ1v) is 23.1. The van der Waals surface area contributed by atoms with Gasteiger partial charge in [0.1, 0.15) is 35.9 Å². The Morgan fingerprint density at radius 3 is 2.22 bits per heavy atom. The van der Waals surface area contributed by atoms with E-state index < -0.39 is 18.3 Å². The van der Waals surface area contributed by atoms with E-state index in [1.807, 2.05) is 19.1 Å². The number of cyclic esters (lactones) is 1. The molecule has 60 heavy (non-hydrogen) atoms. The Bertz CT molecular complexity index is 1580. The lowest BCUT2D eigenvalue weighted by molar-refractivity contribution is -0.314. The average Bonchev–Trinajstić information content (AvgIpc) is 3.79. The number of carbonyl (C=O) groups is 2. The summed E-state index contributed by atoms with van der Waals surface area (Å²) < 4.78 is 56.5. The van der Waals surface area contributed by atoms with Crippen LogP contribution in [0.5, 0.6) is 5.75 Å². The minimum atomic E-state index is -0.611. The first-order valence-electron chi connectivity index (χ1n) is 23.1. The molecule has 0 aromatic heterocycles. The second-order valence-electron chi connectivity index (χ2n) is 19.2. The van der Waals surface area contributed by atoms with Crippen LogP contribution in [-0.4, -0.2) is 127 Å². The predicted octanol–water partition coefficient (Wildman–Crippen LogP) is 7.19. The molecule has 0 spiro atoms. The molecule has 6 fully saturated rings. The molecule has 0 amide bonds. The van der Waals surface area contributed by atoms with Crippen molar-refractivity contribution < 1.29 is 52.2 Å². The maximum atomic E-state index is 15.7. The highest BCUT2D eigenvalue weighted by Gasteiger charge is 2.61. The van der Waals surface area contributed by atoms with E-state index in [-0.39, 0.29) is 103 Å². The molecule has 0 bridgehead atoms. The highest BCUT2D eigenvalue weighted by atomic mass is 16.7. The Hall–Kier alpha value is -2.16. The minimum Gasteiger partial charge on any atom is -0.497 e. The van der Waals surface area contributed by atoms with Crippen molar-refractivity contribution in [1.82, 2.24) is 4.90 Å². The number of nitrogens with zero attached hydrogens (tertiary/aromatic N) is 1. The Morgan fingerprint density at radius 2 is 1.53 bits per heavy atom. The van der Waals surface area contributed by atoms with Gasteiger partial charge in [0.2, 0.25) is 0 Å². The fourth-order valence-corrected chi connectivity index (χ4v) is 13.0. The molecule has 1 aromatic carbocycles. The largest absolute Gasteiger partial charge is 0.497 e. The second kappa shape index (κ2) is 20.1. The van der Waals surface area contributed by atoms with Gasteiger partial charge in [-0.25, -0.2) is 0 Å². The van der Waals surface area contributed by atoms with Crippen LogP contribution in [0.25, 0.3) is 0 Å². The van der Waals surface area contributed by atoms with Crippen molar-refractivity contribution in [3.8, 4) is 5.75 Å². The summed E-state index contributed by atoms with van der Waals surface area (Å²) in [5.41, 5.74) is 1.10. The lowest BCUT2D eigenvalue weighted by Gasteiger charge is -2.44. The number of hydrogen-bond donors (Lipinski definition) is 0. The number of Topliss-reactive ketones (excluding diaryl/α,β-unsaturated/α-hetero) is 1. The predicted molar refractivity (Wildman–Crippen MR) is 225 cm³/mol. The molecular weight excluding hydrogens is 767 g/mol. The van der Waals surface area contributed by atoms with E-state index in [1.54, 1.807) is 28.4 Å². The molecule has 3 aliphatic carbocycles. The summed E-state index contributed by atoms with van der Waals surface area (Å²) >= 11 is 0. The Labute approximate surface area is 359 Å². The number of methoxy groups -OCH3 is 4. The summed E-state index contributed by atoms with van der Waals surface area (Å²) in [5.74, 6) is 0.759. The Kier molecular flexibility index (Phi) is 15.4. The number of fused-ring (bicyclic) bond motifs is 5. The van der Waals surface area contributed by atoms with Crippen molar-refractivity contribution in [3.63, 3.8) is 0 Å². The standard InChI is InChI=1S/C48H75NO11/c1-11-31-15-13-17-38(60-40-21-20-37(49(5)6)27(3)56-40)26(2)44(51)43-36(25-39(50)58-31)34-19-18-29-22-33(59-48-47(55-10)46(54-9)45(53-8)28(4)57-48)24-35(29)42(34)41(43)30-14-12-16-32(23-30)52-7/h12,14,16,23,26-29,31,33-38,40-43,45-48H,11,13,15,17-22,24-25H2,1-10H3/t26-,27?,28?,29?,31+,33-,34?,35-,36+,37+,38+,40+,41?,42-,43?,45+,46?,47+,48+/m1/s1. The molecular formula is C48H75NO11. The third-order valence-corrected chi connectivity index (χ3v) is 15.8. The molecule has 19 atom stereocenters. The number of ketones is 1. The van der Waals surface area contributed by atoms with Gasteiger partial charge in [-0.2, -0.15) is 0 Å². The summed E-state index contributed by atoms with van der Waals surface area (Å²) in [5, 5.41) is 0. The maximum Gasteiger partial charge on any atom is 0.306 e. The summed E-state index contributed by atoms with van der Waals surface area (Å²) in [6.45, 7) is 8.28. The van der Waals surface area contributed by atoms with Crippen LogP contribution < -0.4 is 4.74 Å². The van der Waals surface area contributed by atoms with Crippen molar-refractivity contribution in [2.75, 3.05) is 42.5 Å². The van der Waals surface area contributed by atoms with E-state index in [1.165, 1.54) is 0 Å². The summed E-state index contributed by atoms with van der Waals surface area (Å²) in [4.78, 5) is 31.9. The van der Waals surface area contributed by atoms with Gasteiger partial charge in [-0.15, -0.1) is 0 Å². The molecule has 7 rings (SSSR count). The van der Waals surface area contributed by atoms with Crippen molar-refractivity contribution >= 4 is 11.8 Å². The van der Waals surface area contributed by atoms with Gasteiger partial charge < -0.3 is 47.5 Å². The molecule has 3 saturated heterocycles. The lowest BCUT2D eigenvalue weighted by atomic mass is 9.64. The van der Waals surface area contributed by atoms with Crippen LogP contribution in [0.3, 0.4) is 0 Å². The van der Waals surface area contributed by atoms with Crippen LogP contribution in [0, 0.1) is 41.4 Å². The van der Waals surface area contributed by atoms with Crippen molar-refractivity contribution in [1.29, 1.82) is 0 Å². The van der Waals surface area contributed by atoms with Gasteiger partial charge in [-0.3, -0.25) is 9.59 Å². The van der Waals surface area contributed by atoms with E-state index in [0.29, 0.717) is 18.4 Å². The van der Waals surface area contributed by atoms with E-state index >= 15 is 4.79 Å². The van der Waals surface area contributed by atoms with Gasteiger partial charge in [0, 0.05) is 45.6 Å². The van der Waals surface area contributed by atoms with Crippen LogP contribution in [0.15, 0.2) is 24.3 Å². The molecule has 0 radical (unpaired) electrons. The third-order valence-electron chi connectivity index (χ3n) is 15.8. The smallest absolute Gasteiger partial charge is 0.306 e. The fourth-order valence-electron chi connectivity index (χ4n) is 13.0.